The van der Waals surface area contributed by atoms with Crippen LogP contribution < -0.4 is 0 Å². The van der Waals surface area contributed by atoms with Crippen molar-refractivity contribution in [3.63, 3.8) is 0 Å². The van der Waals surface area contributed by atoms with Crippen molar-refractivity contribution in [2.24, 2.45) is 9.98 Å². The van der Waals surface area contributed by atoms with Crippen LogP contribution in [-0.4, -0.2) is 33.9 Å². The largest absolute Gasteiger partial charge is 0.508 e. The zero-order valence-corrected chi connectivity index (χ0v) is 15.8. The molecular formula is C17H16Br2N2O3. The smallest absolute Gasteiger partial charge is 0.123 e. The van der Waals surface area contributed by atoms with E-state index in [4.69, 9.17) is 0 Å². The second-order valence-electron chi connectivity index (χ2n) is 5.02. The number of aromatic hydroxyl groups is 2. The number of nitrogens with zero attached hydrogens (tertiary/aromatic N) is 2. The molecule has 0 heterocycles. The lowest BCUT2D eigenvalue weighted by Crippen LogP contribution is -2.10. The van der Waals surface area contributed by atoms with Gasteiger partial charge in [0.15, 0.2) is 0 Å². The average molecular weight is 456 g/mol. The van der Waals surface area contributed by atoms with Gasteiger partial charge in [0.25, 0.3) is 0 Å². The first-order chi connectivity index (χ1) is 11.5. The molecule has 0 atom stereocenters. The van der Waals surface area contributed by atoms with Crippen molar-refractivity contribution in [2.75, 3.05) is 0 Å². The first-order valence-electron chi connectivity index (χ1n) is 7.08. The van der Waals surface area contributed by atoms with Gasteiger partial charge >= 0.3 is 0 Å². The van der Waals surface area contributed by atoms with Crippen LogP contribution in [-0.2, 0) is 13.1 Å². The van der Waals surface area contributed by atoms with Gasteiger partial charge < -0.3 is 15.3 Å². The van der Waals surface area contributed by atoms with E-state index in [9.17, 15) is 15.3 Å². The van der Waals surface area contributed by atoms with E-state index in [0.717, 1.165) is 8.95 Å². The summed E-state index contributed by atoms with van der Waals surface area (Å²) in [5, 5.41) is 29.2. The molecule has 24 heavy (non-hydrogen) atoms. The van der Waals surface area contributed by atoms with Crippen molar-refractivity contribution in [1.29, 1.82) is 0 Å². The Kier molecular flexibility index (Phi) is 6.96. The van der Waals surface area contributed by atoms with Crippen molar-refractivity contribution in [1.82, 2.24) is 0 Å². The van der Waals surface area contributed by atoms with Gasteiger partial charge in [-0.05, 0) is 36.4 Å². The van der Waals surface area contributed by atoms with Crippen LogP contribution in [0, 0.1) is 0 Å². The molecule has 0 saturated carbocycles. The highest BCUT2D eigenvalue weighted by atomic mass is 79.9. The van der Waals surface area contributed by atoms with E-state index in [1.807, 2.05) is 0 Å². The summed E-state index contributed by atoms with van der Waals surface area (Å²) < 4.78 is 1.70. The van der Waals surface area contributed by atoms with E-state index in [1.54, 1.807) is 36.4 Å². The monoisotopic (exact) mass is 454 g/mol. The highest BCUT2D eigenvalue weighted by molar-refractivity contribution is 9.10. The van der Waals surface area contributed by atoms with Crippen molar-refractivity contribution in [3.05, 3.63) is 56.5 Å². The number of aliphatic hydroxyl groups is 1. The summed E-state index contributed by atoms with van der Waals surface area (Å²) in [5.41, 5.74) is 1.31. The fourth-order valence-corrected chi connectivity index (χ4v) is 2.74. The Labute approximate surface area is 156 Å². The predicted octanol–water partition coefficient (Wildman–Crippen LogP) is 3.83. The van der Waals surface area contributed by atoms with Gasteiger partial charge in [0.05, 0.1) is 13.1 Å². The average Bonchev–Trinajstić information content (AvgIpc) is 2.54. The quantitative estimate of drug-likeness (QED) is 0.578. The highest BCUT2D eigenvalue weighted by Crippen LogP contribution is 2.23. The zero-order valence-electron chi connectivity index (χ0n) is 12.6. The van der Waals surface area contributed by atoms with Gasteiger partial charge in [-0.3, -0.25) is 9.98 Å². The minimum absolute atomic E-state index is 0.156. The second kappa shape index (κ2) is 8.96. The SMILES string of the molecule is Oc1ccc(Br)cc1CN=CC(O)C=NCc1cc(Br)ccc1O. The van der Waals surface area contributed by atoms with Gasteiger partial charge in [-0.15, -0.1) is 0 Å². The molecule has 2 aromatic rings. The molecule has 2 rings (SSSR count). The lowest BCUT2D eigenvalue weighted by molar-refractivity contribution is 0.314. The summed E-state index contributed by atoms with van der Waals surface area (Å²) in [4.78, 5) is 8.19. The number of aliphatic imine (C=N–C) groups is 2. The summed E-state index contributed by atoms with van der Waals surface area (Å²) in [6, 6.07) is 10.2. The lowest BCUT2D eigenvalue weighted by Gasteiger charge is -2.03. The number of hydrogen-bond donors (Lipinski definition) is 3. The van der Waals surface area contributed by atoms with Crippen molar-refractivity contribution < 1.29 is 15.3 Å². The molecule has 5 nitrogen and oxygen atoms in total. The molecule has 0 spiro atoms. The third kappa shape index (κ3) is 5.74. The van der Waals surface area contributed by atoms with Crippen LogP contribution in [0.4, 0.5) is 0 Å². The maximum absolute atomic E-state index is 9.81. The molecular weight excluding hydrogens is 440 g/mol. The molecule has 0 aliphatic carbocycles. The van der Waals surface area contributed by atoms with Crippen LogP contribution in [0.2, 0.25) is 0 Å². The number of hydrogen-bond acceptors (Lipinski definition) is 5. The van der Waals surface area contributed by atoms with Gasteiger partial charge in [-0.25, -0.2) is 0 Å². The third-order valence-corrected chi connectivity index (χ3v) is 4.11. The van der Waals surface area contributed by atoms with Crippen molar-refractivity contribution >= 4 is 44.3 Å². The van der Waals surface area contributed by atoms with E-state index in [-0.39, 0.29) is 24.6 Å². The molecule has 0 fully saturated rings. The number of benzene rings is 2. The molecule has 0 aromatic heterocycles. The Hall–Kier alpha value is -1.70. The van der Waals surface area contributed by atoms with Gasteiger partial charge in [-0.2, -0.15) is 0 Å². The standard InChI is InChI=1S/C17H16Br2N2O3/c18-13-1-3-16(23)11(5-13)7-20-9-15(22)10-21-8-12-6-14(19)2-4-17(12)24/h1-6,9-10,15,22-24H,7-8H2. The van der Waals surface area contributed by atoms with Gasteiger partial charge in [0.1, 0.15) is 17.6 Å². The van der Waals surface area contributed by atoms with E-state index >= 15 is 0 Å². The topological polar surface area (TPSA) is 85.4 Å². The molecule has 2 aromatic carbocycles. The van der Waals surface area contributed by atoms with Gasteiger partial charge in [0, 0.05) is 32.5 Å². The minimum atomic E-state index is -0.936. The molecule has 0 unspecified atom stereocenters. The zero-order chi connectivity index (χ0) is 17.5. The first kappa shape index (κ1) is 18.6. The number of halogens is 2. The molecule has 0 saturated heterocycles. The van der Waals surface area contributed by atoms with Crippen LogP contribution >= 0.6 is 31.9 Å². The van der Waals surface area contributed by atoms with E-state index in [1.165, 1.54) is 12.4 Å². The Morgan fingerprint density at radius 3 is 1.67 bits per heavy atom. The molecule has 3 N–H and O–H groups in total. The number of rotatable bonds is 6. The molecule has 0 radical (unpaired) electrons. The molecule has 7 heteroatoms. The third-order valence-electron chi connectivity index (χ3n) is 3.12. The Bertz CT molecular complexity index is 700. The maximum atomic E-state index is 9.81. The molecule has 0 amide bonds. The van der Waals surface area contributed by atoms with Crippen LogP contribution in [0.3, 0.4) is 0 Å². The number of aliphatic hydroxyl groups excluding tert-OH is 1. The van der Waals surface area contributed by atoms with Gasteiger partial charge in [-0.1, -0.05) is 31.9 Å². The Morgan fingerprint density at radius 1 is 0.833 bits per heavy atom. The van der Waals surface area contributed by atoms with E-state index < -0.39 is 6.10 Å². The summed E-state index contributed by atoms with van der Waals surface area (Å²) in [7, 11) is 0. The lowest BCUT2D eigenvalue weighted by atomic mass is 10.2. The maximum Gasteiger partial charge on any atom is 0.123 e. The predicted molar refractivity (Wildman–Crippen MR) is 102 cm³/mol. The fourth-order valence-electron chi connectivity index (χ4n) is 1.92. The minimum Gasteiger partial charge on any atom is -0.508 e. The summed E-state index contributed by atoms with van der Waals surface area (Å²) in [5.74, 6) is 0.312. The first-order valence-corrected chi connectivity index (χ1v) is 8.67. The van der Waals surface area contributed by atoms with Crippen LogP contribution in [0.1, 0.15) is 11.1 Å². The van der Waals surface area contributed by atoms with Gasteiger partial charge in [0.2, 0.25) is 0 Å². The molecule has 0 bridgehead atoms. The van der Waals surface area contributed by atoms with Crippen LogP contribution in [0.25, 0.3) is 0 Å². The van der Waals surface area contributed by atoms with E-state index in [2.05, 4.69) is 41.8 Å². The Balaban J connectivity index is 1.89. The molecule has 0 aliphatic heterocycles. The molecule has 126 valence electrons. The normalized spacial score (nSPS) is 13.0. The summed E-state index contributed by atoms with van der Waals surface area (Å²) in [6.07, 6.45) is 1.77. The summed E-state index contributed by atoms with van der Waals surface area (Å²) in [6.45, 7) is 0.505. The number of phenols is 2. The van der Waals surface area contributed by atoms with Crippen LogP contribution in [0.5, 0.6) is 11.5 Å². The van der Waals surface area contributed by atoms with E-state index in [0.29, 0.717) is 11.1 Å². The highest BCUT2D eigenvalue weighted by Gasteiger charge is 2.02. The fraction of sp³-hybridized carbons (Fsp3) is 0.176. The summed E-state index contributed by atoms with van der Waals surface area (Å²) >= 11 is 6.65. The van der Waals surface area contributed by atoms with Crippen molar-refractivity contribution in [3.8, 4) is 11.5 Å². The van der Waals surface area contributed by atoms with Crippen molar-refractivity contribution in [2.45, 2.75) is 19.2 Å². The van der Waals surface area contributed by atoms with Crippen LogP contribution in [0.15, 0.2) is 55.3 Å². The Morgan fingerprint density at radius 2 is 1.25 bits per heavy atom. The number of phenolic OH excluding ortho intramolecular Hbond substituents is 2. The molecule has 0 aliphatic rings. The second-order valence-corrected chi connectivity index (χ2v) is 6.85.